The number of rotatable bonds is 6. The lowest BCUT2D eigenvalue weighted by atomic mass is 10.1. The summed E-state index contributed by atoms with van der Waals surface area (Å²) >= 11 is 4.98. The highest BCUT2D eigenvalue weighted by Crippen LogP contribution is 2.20. The highest BCUT2D eigenvalue weighted by atomic mass is 32.1. The van der Waals surface area contributed by atoms with Gasteiger partial charge in [-0.1, -0.05) is 24.4 Å². The Morgan fingerprint density at radius 3 is 2.72 bits per heavy atom. The van der Waals surface area contributed by atoms with Crippen molar-refractivity contribution in [1.29, 1.82) is 0 Å². The zero-order valence-corrected chi connectivity index (χ0v) is 11.5. The predicted molar refractivity (Wildman–Crippen MR) is 76.8 cm³/mol. The van der Waals surface area contributed by atoms with E-state index in [-0.39, 0.29) is 5.91 Å². The second kappa shape index (κ2) is 7.08. The number of thiocarbonyl (C=S) groups is 1. The number of hydrogen-bond donors (Lipinski definition) is 1. The van der Waals surface area contributed by atoms with E-state index < -0.39 is 0 Å². The largest absolute Gasteiger partial charge is 0.389 e. The molecule has 0 bridgehead atoms. The van der Waals surface area contributed by atoms with E-state index in [0.29, 0.717) is 24.4 Å². The molecule has 0 radical (unpaired) electrons. The molecule has 0 aliphatic heterocycles. The molecule has 0 heterocycles. The quantitative estimate of drug-likeness (QED) is 0.629. The van der Waals surface area contributed by atoms with Crippen LogP contribution in [0, 0.1) is 0 Å². The molecule has 0 aliphatic carbocycles. The van der Waals surface area contributed by atoms with E-state index >= 15 is 0 Å². The molecule has 4 nitrogen and oxygen atoms in total. The summed E-state index contributed by atoms with van der Waals surface area (Å²) in [5.41, 5.74) is 7.11. The summed E-state index contributed by atoms with van der Waals surface area (Å²) in [5.74, 6) is 0.0238. The van der Waals surface area contributed by atoms with Crippen molar-refractivity contribution in [1.82, 2.24) is 0 Å². The number of carbonyl (C=O) groups is 1. The first-order chi connectivity index (χ1) is 8.57. The SMILES string of the molecule is COCCCC(=O)N(C)c1ccccc1C(N)=S. The number of anilines is 1. The van der Waals surface area contributed by atoms with Crippen LogP contribution in [0.3, 0.4) is 0 Å². The maximum Gasteiger partial charge on any atom is 0.226 e. The second-order valence-electron chi connectivity index (χ2n) is 3.93. The van der Waals surface area contributed by atoms with Crippen molar-refractivity contribution in [3.63, 3.8) is 0 Å². The molecule has 0 spiro atoms. The molecule has 18 heavy (non-hydrogen) atoms. The summed E-state index contributed by atoms with van der Waals surface area (Å²) in [6.07, 6.45) is 1.14. The molecule has 0 aliphatic rings. The van der Waals surface area contributed by atoms with Crippen LogP contribution in [-0.2, 0) is 9.53 Å². The van der Waals surface area contributed by atoms with E-state index in [4.69, 9.17) is 22.7 Å². The molecule has 1 amide bonds. The van der Waals surface area contributed by atoms with Gasteiger partial charge in [0.25, 0.3) is 0 Å². The van der Waals surface area contributed by atoms with Gasteiger partial charge >= 0.3 is 0 Å². The number of benzene rings is 1. The molecular weight excluding hydrogens is 248 g/mol. The molecule has 0 saturated heterocycles. The van der Waals surface area contributed by atoms with Crippen molar-refractivity contribution in [2.75, 3.05) is 25.7 Å². The first-order valence-corrected chi connectivity index (χ1v) is 6.13. The Morgan fingerprint density at radius 1 is 1.44 bits per heavy atom. The minimum atomic E-state index is 0.0238. The number of para-hydroxylation sites is 1. The van der Waals surface area contributed by atoms with Crippen LogP contribution in [0.2, 0.25) is 0 Å². The van der Waals surface area contributed by atoms with Crippen LogP contribution in [-0.4, -0.2) is 31.7 Å². The zero-order valence-electron chi connectivity index (χ0n) is 10.7. The molecule has 0 fully saturated rings. The first-order valence-electron chi connectivity index (χ1n) is 5.72. The molecule has 2 N–H and O–H groups in total. The topological polar surface area (TPSA) is 55.6 Å². The van der Waals surface area contributed by atoms with Crippen LogP contribution in [0.15, 0.2) is 24.3 Å². The minimum Gasteiger partial charge on any atom is -0.389 e. The van der Waals surface area contributed by atoms with Gasteiger partial charge in [-0.05, 0) is 18.6 Å². The normalized spacial score (nSPS) is 10.1. The number of amides is 1. The second-order valence-corrected chi connectivity index (χ2v) is 4.37. The molecule has 0 atom stereocenters. The van der Waals surface area contributed by atoms with Crippen molar-refractivity contribution >= 4 is 28.8 Å². The third kappa shape index (κ3) is 3.78. The van der Waals surface area contributed by atoms with Gasteiger partial charge in [0.15, 0.2) is 0 Å². The van der Waals surface area contributed by atoms with Crippen LogP contribution in [0.4, 0.5) is 5.69 Å². The fourth-order valence-corrected chi connectivity index (χ4v) is 1.82. The van der Waals surface area contributed by atoms with Gasteiger partial charge in [0.05, 0.1) is 5.69 Å². The summed E-state index contributed by atoms with van der Waals surface area (Å²) in [5, 5.41) is 0. The highest BCUT2D eigenvalue weighted by Gasteiger charge is 2.14. The van der Waals surface area contributed by atoms with Gasteiger partial charge in [-0.2, -0.15) is 0 Å². The van der Waals surface area contributed by atoms with E-state index in [0.717, 1.165) is 11.3 Å². The van der Waals surface area contributed by atoms with E-state index in [1.54, 1.807) is 19.1 Å². The van der Waals surface area contributed by atoms with Crippen molar-refractivity contribution in [3.8, 4) is 0 Å². The molecule has 1 rings (SSSR count). The van der Waals surface area contributed by atoms with Crippen LogP contribution >= 0.6 is 12.2 Å². The molecule has 98 valence electrons. The van der Waals surface area contributed by atoms with Gasteiger partial charge in [0.1, 0.15) is 4.99 Å². The third-order valence-electron chi connectivity index (χ3n) is 2.64. The Kier molecular flexibility index (Phi) is 5.74. The van der Waals surface area contributed by atoms with Gasteiger partial charge < -0.3 is 15.4 Å². The summed E-state index contributed by atoms with van der Waals surface area (Å²) in [7, 11) is 3.35. The highest BCUT2D eigenvalue weighted by molar-refractivity contribution is 7.80. The number of ether oxygens (including phenoxy) is 1. The minimum absolute atomic E-state index is 0.0238. The van der Waals surface area contributed by atoms with Crippen molar-refractivity contribution in [2.45, 2.75) is 12.8 Å². The summed E-state index contributed by atoms with van der Waals surface area (Å²) in [6.45, 7) is 0.580. The van der Waals surface area contributed by atoms with E-state index in [1.807, 2.05) is 24.3 Å². The Hall–Kier alpha value is -1.46. The van der Waals surface area contributed by atoms with Crippen LogP contribution in [0.1, 0.15) is 18.4 Å². The molecule has 0 saturated carbocycles. The molecule has 0 aromatic heterocycles. The summed E-state index contributed by atoms with van der Waals surface area (Å²) < 4.78 is 4.93. The van der Waals surface area contributed by atoms with Gasteiger partial charge in [0.2, 0.25) is 5.91 Å². The van der Waals surface area contributed by atoms with E-state index in [2.05, 4.69) is 0 Å². The monoisotopic (exact) mass is 266 g/mol. The standard InChI is InChI=1S/C13H18N2O2S/c1-15(12(16)8-5-9-17-2)11-7-4-3-6-10(11)13(14)18/h3-4,6-7H,5,8-9H2,1-2H3,(H2,14,18). The molecule has 0 unspecified atom stereocenters. The van der Waals surface area contributed by atoms with Gasteiger partial charge in [-0.25, -0.2) is 0 Å². The lowest BCUT2D eigenvalue weighted by Crippen LogP contribution is -2.28. The smallest absolute Gasteiger partial charge is 0.226 e. The summed E-state index contributed by atoms with van der Waals surface area (Å²) in [6, 6.07) is 7.36. The molecule has 1 aromatic rings. The Balaban J connectivity index is 2.80. The first kappa shape index (κ1) is 14.6. The van der Waals surface area contributed by atoms with Crippen LogP contribution in [0.5, 0.6) is 0 Å². The number of nitrogens with two attached hydrogens (primary N) is 1. The lowest BCUT2D eigenvalue weighted by Gasteiger charge is -2.20. The third-order valence-corrected chi connectivity index (χ3v) is 2.86. The molecular formula is C13H18N2O2S. The van der Waals surface area contributed by atoms with Crippen molar-refractivity contribution < 1.29 is 9.53 Å². The number of methoxy groups -OCH3 is 1. The fourth-order valence-electron chi connectivity index (χ4n) is 1.64. The number of carbonyl (C=O) groups excluding carboxylic acids is 1. The van der Waals surface area contributed by atoms with Crippen molar-refractivity contribution in [2.24, 2.45) is 5.73 Å². The zero-order chi connectivity index (χ0) is 13.5. The Morgan fingerprint density at radius 2 is 2.11 bits per heavy atom. The van der Waals surface area contributed by atoms with Gasteiger partial charge in [-0.15, -0.1) is 0 Å². The Labute approximate surface area is 113 Å². The predicted octanol–water partition coefficient (Wildman–Crippen LogP) is 1.71. The lowest BCUT2D eigenvalue weighted by molar-refractivity contribution is -0.118. The van der Waals surface area contributed by atoms with Crippen LogP contribution < -0.4 is 10.6 Å². The Bertz CT molecular complexity index is 435. The number of nitrogens with zero attached hydrogens (tertiary/aromatic N) is 1. The maximum atomic E-state index is 12.0. The summed E-state index contributed by atoms with van der Waals surface area (Å²) in [4.78, 5) is 13.9. The van der Waals surface area contributed by atoms with Gasteiger partial charge in [-0.3, -0.25) is 4.79 Å². The van der Waals surface area contributed by atoms with Gasteiger partial charge in [0, 0.05) is 32.7 Å². The molecule has 1 aromatic carbocycles. The number of hydrogen-bond acceptors (Lipinski definition) is 3. The average molecular weight is 266 g/mol. The van der Waals surface area contributed by atoms with E-state index in [1.165, 1.54) is 0 Å². The van der Waals surface area contributed by atoms with E-state index in [9.17, 15) is 4.79 Å². The molecule has 5 heteroatoms. The average Bonchev–Trinajstić information content (AvgIpc) is 2.38. The van der Waals surface area contributed by atoms with Crippen molar-refractivity contribution in [3.05, 3.63) is 29.8 Å². The fraction of sp³-hybridized carbons (Fsp3) is 0.385. The van der Waals surface area contributed by atoms with Crippen LogP contribution in [0.25, 0.3) is 0 Å². The maximum absolute atomic E-state index is 12.0.